The molecule has 5 heteroatoms. The first-order valence-electron chi connectivity index (χ1n) is 10.5. The van der Waals surface area contributed by atoms with Gasteiger partial charge in [-0.15, -0.1) is 0 Å². The largest absolute Gasteiger partial charge is 0.355 e. The highest BCUT2D eigenvalue weighted by Gasteiger charge is 2.38. The molecule has 5 nitrogen and oxygen atoms in total. The molecule has 1 aromatic carbocycles. The molecule has 1 aliphatic carbocycles. The number of rotatable bonds is 6. The number of aryl methyl sites for hydroxylation is 1. The summed E-state index contributed by atoms with van der Waals surface area (Å²) in [5.74, 6) is 0.733. The minimum atomic E-state index is -0.129. The Balaban J connectivity index is 1.63. The van der Waals surface area contributed by atoms with Crippen molar-refractivity contribution in [2.75, 3.05) is 19.6 Å². The maximum Gasteiger partial charge on any atom is 0.251 e. The summed E-state index contributed by atoms with van der Waals surface area (Å²) < 4.78 is 0. The summed E-state index contributed by atoms with van der Waals surface area (Å²) >= 11 is 0. The Labute approximate surface area is 162 Å². The smallest absolute Gasteiger partial charge is 0.251 e. The van der Waals surface area contributed by atoms with E-state index in [4.69, 9.17) is 0 Å². The van der Waals surface area contributed by atoms with Gasteiger partial charge in [0.2, 0.25) is 5.91 Å². The number of likely N-dealkylation sites (N-methyl/N-ethyl adjacent to an activating group) is 1. The van der Waals surface area contributed by atoms with Crippen LogP contribution in [0.1, 0.15) is 61.4 Å². The number of benzene rings is 1. The van der Waals surface area contributed by atoms with E-state index in [2.05, 4.69) is 15.5 Å². The van der Waals surface area contributed by atoms with Crippen LogP contribution < -0.4 is 10.6 Å². The predicted octanol–water partition coefficient (Wildman–Crippen LogP) is 2.88. The third kappa shape index (κ3) is 5.32. The zero-order valence-electron chi connectivity index (χ0n) is 16.7. The number of likely N-dealkylation sites (tertiary alicyclic amines) is 1. The maximum atomic E-state index is 12.6. The van der Waals surface area contributed by atoms with Crippen molar-refractivity contribution in [2.24, 2.45) is 5.92 Å². The van der Waals surface area contributed by atoms with Gasteiger partial charge < -0.3 is 10.6 Å². The van der Waals surface area contributed by atoms with Gasteiger partial charge in [0.05, 0.1) is 6.04 Å². The first-order chi connectivity index (χ1) is 13.1. The summed E-state index contributed by atoms with van der Waals surface area (Å²) in [6.45, 7) is 6.34. The molecule has 3 rings (SSSR count). The number of nitrogens with one attached hydrogen (secondary N) is 2. The van der Waals surface area contributed by atoms with E-state index in [-0.39, 0.29) is 23.9 Å². The molecule has 0 aromatic heterocycles. The van der Waals surface area contributed by atoms with Crippen molar-refractivity contribution in [3.63, 3.8) is 0 Å². The Bertz CT molecular complexity index is 637. The lowest BCUT2D eigenvalue weighted by atomic mass is 9.89. The molecule has 2 atom stereocenters. The summed E-state index contributed by atoms with van der Waals surface area (Å²) in [4.78, 5) is 27.5. The molecular weight excluding hydrogens is 338 g/mol. The molecule has 148 valence electrons. The SMILES string of the molecule is CCNC(=O)C1CC(NC(=O)c2ccc(C)cc2)CN1CC1CCCCC1. The van der Waals surface area contributed by atoms with E-state index in [1.807, 2.05) is 38.1 Å². The molecule has 1 saturated carbocycles. The highest BCUT2D eigenvalue weighted by atomic mass is 16.2. The lowest BCUT2D eigenvalue weighted by Gasteiger charge is -2.30. The van der Waals surface area contributed by atoms with Crippen molar-refractivity contribution in [1.29, 1.82) is 0 Å². The van der Waals surface area contributed by atoms with Crippen molar-refractivity contribution < 1.29 is 9.59 Å². The van der Waals surface area contributed by atoms with Gasteiger partial charge in [-0.25, -0.2) is 0 Å². The number of hydrogen-bond acceptors (Lipinski definition) is 3. The molecule has 2 amide bonds. The van der Waals surface area contributed by atoms with E-state index >= 15 is 0 Å². The lowest BCUT2D eigenvalue weighted by Crippen LogP contribution is -2.45. The fourth-order valence-corrected chi connectivity index (χ4v) is 4.45. The average Bonchev–Trinajstić information content (AvgIpc) is 3.05. The Morgan fingerprint density at radius 2 is 1.81 bits per heavy atom. The van der Waals surface area contributed by atoms with Gasteiger partial charge >= 0.3 is 0 Å². The van der Waals surface area contributed by atoms with Crippen molar-refractivity contribution in [2.45, 2.75) is 64.5 Å². The molecule has 1 aliphatic heterocycles. The minimum absolute atomic E-state index is 0.0231. The molecule has 0 radical (unpaired) electrons. The number of carbonyl (C=O) groups excluding carboxylic acids is 2. The zero-order chi connectivity index (χ0) is 19.2. The molecule has 2 unspecified atom stereocenters. The van der Waals surface area contributed by atoms with Gasteiger partial charge in [-0.3, -0.25) is 14.5 Å². The van der Waals surface area contributed by atoms with Crippen molar-refractivity contribution in [3.05, 3.63) is 35.4 Å². The maximum absolute atomic E-state index is 12.6. The fourth-order valence-electron chi connectivity index (χ4n) is 4.45. The summed E-state index contributed by atoms with van der Waals surface area (Å²) in [6.07, 6.45) is 7.16. The molecule has 1 heterocycles. The molecule has 0 spiro atoms. The van der Waals surface area contributed by atoms with Crippen LogP contribution in [-0.4, -0.2) is 48.4 Å². The molecular formula is C22H33N3O2. The third-order valence-electron chi connectivity index (χ3n) is 5.92. The molecule has 0 bridgehead atoms. The van der Waals surface area contributed by atoms with E-state index in [9.17, 15) is 9.59 Å². The second-order valence-electron chi connectivity index (χ2n) is 8.14. The predicted molar refractivity (Wildman–Crippen MR) is 108 cm³/mol. The number of nitrogens with zero attached hydrogens (tertiary/aromatic N) is 1. The van der Waals surface area contributed by atoms with Crippen LogP contribution in [0.25, 0.3) is 0 Å². The van der Waals surface area contributed by atoms with Crippen molar-refractivity contribution >= 4 is 11.8 Å². The Morgan fingerprint density at radius 1 is 1.11 bits per heavy atom. The van der Waals surface area contributed by atoms with Gasteiger partial charge in [0, 0.05) is 31.2 Å². The summed E-state index contributed by atoms with van der Waals surface area (Å²) in [6, 6.07) is 7.53. The van der Waals surface area contributed by atoms with E-state index in [0.717, 1.165) is 18.7 Å². The van der Waals surface area contributed by atoms with Gasteiger partial charge in [-0.05, 0) is 51.2 Å². The Hall–Kier alpha value is -1.88. The van der Waals surface area contributed by atoms with Crippen LogP contribution in [0.4, 0.5) is 0 Å². The summed E-state index contributed by atoms with van der Waals surface area (Å²) in [5.41, 5.74) is 1.82. The Morgan fingerprint density at radius 3 is 2.48 bits per heavy atom. The van der Waals surface area contributed by atoms with Crippen LogP contribution >= 0.6 is 0 Å². The molecule has 2 fully saturated rings. The van der Waals surface area contributed by atoms with Crippen LogP contribution in [0.5, 0.6) is 0 Å². The summed E-state index contributed by atoms with van der Waals surface area (Å²) in [5, 5.41) is 6.12. The van der Waals surface area contributed by atoms with Crippen LogP contribution in [0.15, 0.2) is 24.3 Å². The monoisotopic (exact) mass is 371 g/mol. The molecule has 2 aliphatic rings. The zero-order valence-corrected chi connectivity index (χ0v) is 16.7. The van der Waals surface area contributed by atoms with Gasteiger partial charge in [0.25, 0.3) is 5.91 Å². The van der Waals surface area contributed by atoms with Gasteiger partial charge in [0.15, 0.2) is 0 Å². The quantitative estimate of drug-likeness (QED) is 0.808. The number of amides is 2. The van der Waals surface area contributed by atoms with Gasteiger partial charge in [0.1, 0.15) is 0 Å². The highest BCUT2D eigenvalue weighted by Crippen LogP contribution is 2.28. The second-order valence-corrected chi connectivity index (χ2v) is 8.14. The van der Waals surface area contributed by atoms with E-state index in [0.29, 0.717) is 24.4 Å². The van der Waals surface area contributed by atoms with Gasteiger partial charge in [-0.1, -0.05) is 37.0 Å². The summed E-state index contributed by atoms with van der Waals surface area (Å²) in [7, 11) is 0. The van der Waals surface area contributed by atoms with Crippen LogP contribution in [-0.2, 0) is 4.79 Å². The van der Waals surface area contributed by atoms with E-state index in [1.54, 1.807) is 0 Å². The topological polar surface area (TPSA) is 61.4 Å². The molecule has 2 N–H and O–H groups in total. The molecule has 1 saturated heterocycles. The van der Waals surface area contributed by atoms with Crippen LogP contribution in [0.3, 0.4) is 0 Å². The standard InChI is InChI=1S/C22H33N3O2/c1-3-23-22(27)20-13-19(15-25(20)14-17-7-5-4-6-8-17)24-21(26)18-11-9-16(2)10-12-18/h9-12,17,19-20H,3-8,13-15H2,1-2H3,(H,23,27)(H,24,26). The normalized spacial score (nSPS) is 23.9. The van der Waals surface area contributed by atoms with E-state index < -0.39 is 0 Å². The third-order valence-corrected chi connectivity index (χ3v) is 5.92. The number of hydrogen-bond donors (Lipinski definition) is 2. The van der Waals surface area contributed by atoms with E-state index in [1.165, 1.54) is 32.1 Å². The first-order valence-corrected chi connectivity index (χ1v) is 10.5. The average molecular weight is 372 g/mol. The van der Waals surface area contributed by atoms with Crippen LogP contribution in [0.2, 0.25) is 0 Å². The van der Waals surface area contributed by atoms with Crippen molar-refractivity contribution in [3.8, 4) is 0 Å². The van der Waals surface area contributed by atoms with Crippen molar-refractivity contribution in [1.82, 2.24) is 15.5 Å². The van der Waals surface area contributed by atoms with Gasteiger partial charge in [-0.2, -0.15) is 0 Å². The minimum Gasteiger partial charge on any atom is -0.355 e. The molecule has 1 aromatic rings. The number of carbonyl (C=O) groups is 2. The Kier molecular flexibility index (Phi) is 6.89. The van der Waals surface area contributed by atoms with Crippen LogP contribution in [0, 0.1) is 12.8 Å². The second kappa shape index (κ2) is 9.36. The first kappa shape index (κ1) is 19.9. The highest BCUT2D eigenvalue weighted by molar-refractivity contribution is 5.94. The fraction of sp³-hybridized carbons (Fsp3) is 0.636. The lowest BCUT2D eigenvalue weighted by molar-refractivity contribution is -0.125. The molecule has 27 heavy (non-hydrogen) atoms.